The normalized spacial score (nSPS) is 14.5. The lowest BCUT2D eigenvalue weighted by molar-refractivity contribution is -0.137. The van der Waals surface area contributed by atoms with Gasteiger partial charge in [-0.05, 0) is 79.4 Å². The molecule has 1 saturated heterocycles. The smallest absolute Gasteiger partial charge is 0.416 e. The molecule has 1 aromatic heterocycles. The second-order valence-electron chi connectivity index (χ2n) is 10.9. The quantitative estimate of drug-likeness (QED) is 0.126. The number of ether oxygens (including phenoxy) is 3. The SMILES string of the molecule is CCOc1cc(OCc2ccc(OC)cc2)ncc1-c1ccc(CC(=O)Nc2cc(C(=O)[C@@H]3CCCN3)cc(C(F)(F)F)c2)c(F)c1. The summed E-state index contributed by atoms with van der Waals surface area (Å²) in [5, 5.41) is 5.37. The number of carbonyl (C=O) groups is 2. The number of rotatable bonds is 12. The fraction of sp³-hybridized carbons (Fsp3) is 0.286. The number of amides is 1. The van der Waals surface area contributed by atoms with E-state index in [-0.39, 0.29) is 23.4 Å². The summed E-state index contributed by atoms with van der Waals surface area (Å²) in [7, 11) is 1.59. The Hall–Kier alpha value is -4.97. The number of hydrogen-bond acceptors (Lipinski definition) is 7. The molecule has 4 aromatic rings. The predicted octanol–water partition coefficient (Wildman–Crippen LogP) is 7.01. The van der Waals surface area contributed by atoms with Crippen LogP contribution in [0.25, 0.3) is 11.1 Å². The van der Waals surface area contributed by atoms with Crippen molar-refractivity contribution in [2.75, 3.05) is 25.6 Å². The van der Waals surface area contributed by atoms with Crippen LogP contribution in [-0.4, -0.2) is 43.0 Å². The van der Waals surface area contributed by atoms with Crippen LogP contribution in [0.4, 0.5) is 23.2 Å². The van der Waals surface area contributed by atoms with Crippen molar-refractivity contribution in [3.63, 3.8) is 0 Å². The van der Waals surface area contributed by atoms with Crippen molar-refractivity contribution in [3.8, 4) is 28.5 Å². The summed E-state index contributed by atoms with van der Waals surface area (Å²) in [5.41, 5.74) is 0.422. The average Bonchev–Trinajstić information content (AvgIpc) is 3.60. The third kappa shape index (κ3) is 8.44. The van der Waals surface area contributed by atoms with Crippen molar-refractivity contribution in [2.24, 2.45) is 0 Å². The molecule has 1 aliphatic rings. The number of anilines is 1. The summed E-state index contributed by atoms with van der Waals surface area (Å²) in [6.07, 6.45) is -2.45. The summed E-state index contributed by atoms with van der Waals surface area (Å²) in [4.78, 5) is 30.0. The summed E-state index contributed by atoms with van der Waals surface area (Å²) in [6, 6.07) is 15.4. The van der Waals surface area contributed by atoms with Crippen LogP contribution in [0.5, 0.6) is 17.4 Å². The van der Waals surface area contributed by atoms with Gasteiger partial charge in [-0.25, -0.2) is 9.37 Å². The van der Waals surface area contributed by atoms with Gasteiger partial charge in [0, 0.05) is 29.1 Å². The topological polar surface area (TPSA) is 98.8 Å². The summed E-state index contributed by atoms with van der Waals surface area (Å²) in [5.74, 6) is -0.483. The first kappa shape index (κ1) is 33.4. The standard InChI is InChI=1S/C35H33F4N3O5/c1-3-46-31-18-33(47-20-21-6-10-27(45-2)11-7-21)41-19-28(31)22-8-9-23(29(36)15-22)16-32(43)42-26-14-24(13-25(17-26)35(37,38)39)34(44)30-5-4-12-40-30/h6-11,13-15,17-19,30,40H,3-5,12,16,20H2,1-2H3,(H,42,43)/t30-/m0/s1. The fourth-order valence-electron chi connectivity index (χ4n) is 5.22. The molecule has 1 amide bonds. The second kappa shape index (κ2) is 14.6. The van der Waals surface area contributed by atoms with Crippen molar-refractivity contribution in [1.29, 1.82) is 0 Å². The van der Waals surface area contributed by atoms with Crippen LogP contribution in [0.2, 0.25) is 0 Å². The molecule has 0 radical (unpaired) electrons. The summed E-state index contributed by atoms with van der Waals surface area (Å²) in [6.45, 7) is 2.98. The molecule has 0 aliphatic carbocycles. The van der Waals surface area contributed by atoms with E-state index in [4.69, 9.17) is 14.2 Å². The molecule has 5 rings (SSSR count). The molecular weight excluding hydrogens is 618 g/mol. The zero-order chi connectivity index (χ0) is 33.6. The van der Waals surface area contributed by atoms with Crippen LogP contribution in [0.15, 0.2) is 72.9 Å². The van der Waals surface area contributed by atoms with E-state index in [1.807, 2.05) is 24.3 Å². The number of nitrogens with one attached hydrogen (secondary N) is 2. The Morgan fingerprint density at radius 2 is 1.81 bits per heavy atom. The highest BCUT2D eigenvalue weighted by atomic mass is 19.4. The number of benzene rings is 3. The number of carbonyl (C=O) groups excluding carboxylic acids is 2. The maximum Gasteiger partial charge on any atom is 0.416 e. The molecule has 0 unspecified atom stereocenters. The molecule has 8 nitrogen and oxygen atoms in total. The van der Waals surface area contributed by atoms with Crippen molar-refractivity contribution in [2.45, 2.75) is 45.0 Å². The van der Waals surface area contributed by atoms with Gasteiger partial charge >= 0.3 is 6.18 Å². The van der Waals surface area contributed by atoms with E-state index in [1.165, 1.54) is 24.4 Å². The Balaban J connectivity index is 1.29. The Labute approximate surface area is 269 Å². The highest BCUT2D eigenvalue weighted by molar-refractivity contribution is 6.02. The van der Waals surface area contributed by atoms with Crippen molar-refractivity contribution in [3.05, 3.63) is 101 Å². The minimum Gasteiger partial charge on any atom is -0.497 e. The van der Waals surface area contributed by atoms with E-state index in [0.29, 0.717) is 42.3 Å². The second-order valence-corrected chi connectivity index (χ2v) is 10.9. The fourth-order valence-corrected chi connectivity index (χ4v) is 5.22. The number of pyridine rings is 1. The first-order valence-electron chi connectivity index (χ1n) is 15.0. The third-order valence-corrected chi connectivity index (χ3v) is 7.61. The molecule has 2 N–H and O–H groups in total. The van der Waals surface area contributed by atoms with E-state index >= 15 is 4.39 Å². The van der Waals surface area contributed by atoms with Gasteiger partial charge in [-0.2, -0.15) is 13.2 Å². The molecule has 0 saturated carbocycles. The van der Waals surface area contributed by atoms with Crippen LogP contribution in [0, 0.1) is 5.82 Å². The van der Waals surface area contributed by atoms with Gasteiger partial charge in [0.15, 0.2) is 5.78 Å². The third-order valence-electron chi connectivity index (χ3n) is 7.61. The molecule has 12 heteroatoms. The van der Waals surface area contributed by atoms with E-state index in [1.54, 1.807) is 26.2 Å². The first-order chi connectivity index (χ1) is 22.5. The Bertz CT molecular complexity index is 1740. The largest absolute Gasteiger partial charge is 0.497 e. The number of hydrogen-bond donors (Lipinski definition) is 2. The molecule has 1 aliphatic heterocycles. The molecular formula is C35H33F4N3O5. The van der Waals surface area contributed by atoms with Crippen molar-refractivity contribution < 1.29 is 41.4 Å². The van der Waals surface area contributed by atoms with Gasteiger partial charge in [0.2, 0.25) is 11.8 Å². The molecule has 1 atom stereocenters. The number of nitrogens with zero attached hydrogens (tertiary/aromatic N) is 1. The average molecular weight is 652 g/mol. The van der Waals surface area contributed by atoms with Gasteiger partial charge in [-0.3, -0.25) is 9.59 Å². The van der Waals surface area contributed by atoms with E-state index < -0.39 is 41.7 Å². The Kier molecular flexibility index (Phi) is 10.4. The van der Waals surface area contributed by atoms with E-state index in [9.17, 15) is 22.8 Å². The van der Waals surface area contributed by atoms with Crippen LogP contribution in [0.3, 0.4) is 0 Å². The Morgan fingerprint density at radius 3 is 2.47 bits per heavy atom. The van der Waals surface area contributed by atoms with Gasteiger partial charge in [0.25, 0.3) is 0 Å². The zero-order valence-electron chi connectivity index (χ0n) is 25.7. The van der Waals surface area contributed by atoms with Gasteiger partial charge in [0.1, 0.15) is 23.9 Å². The highest BCUT2D eigenvalue weighted by Crippen LogP contribution is 2.35. The van der Waals surface area contributed by atoms with Crippen LogP contribution >= 0.6 is 0 Å². The molecule has 47 heavy (non-hydrogen) atoms. The lowest BCUT2D eigenvalue weighted by Crippen LogP contribution is -2.31. The lowest BCUT2D eigenvalue weighted by atomic mass is 9.99. The summed E-state index contributed by atoms with van der Waals surface area (Å²) < 4.78 is 72.9. The maximum atomic E-state index is 15.3. The molecule has 1 fully saturated rings. The van der Waals surface area contributed by atoms with E-state index in [0.717, 1.165) is 29.9 Å². The summed E-state index contributed by atoms with van der Waals surface area (Å²) >= 11 is 0. The van der Waals surface area contributed by atoms with Crippen LogP contribution in [-0.2, 0) is 24.0 Å². The van der Waals surface area contributed by atoms with Gasteiger partial charge in [-0.15, -0.1) is 0 Å². The zero-order valence-corrected chi connectivity index (χ0v) is 25.7. The number of aromatic nitrogens is 1. The Morgan fingerprint density at radius 1 is 1.02 bits per heavy atom. The molecule has 2 heterocycles. The molecule has 246 valence electrons. The molecule has 0 bridgehead atoms. The number of ketones is 1. The minimum absolute atomic E-state index is 0.0232. The van der Waals surface area contributed by atoms with Gasteiger partial charge in [0.05, 0.1) is 31.7 Å². The number of halogens is 4. The van der Waals surface area contributed by atoms with Crippen LogP contribution < -0.4 is 24.8 Å². The van der Waals surface area contributed by atoms with Gasteiger partial charge < -0.3 is 24.8 Å². The molecule has 0 spiro atoms. The number of Topliss-reactive ketones (excluding diaryl/α,β-unsaturated/α-hetero) is 1. The first-order valence-corrected chi connectivity index (χ1v) is 15.0. The van der Waals surface area contributed by atoms with Crippen molar-refractivity contribution >= 4 is 17.4 Å². The monoisotopic (exact) mass is 651 g/mol. The molecule has 3 aromatic carbocycles. The highest BCUT2D eigenvalue weighted by Gasteiger charge is 2.33. The van der Waals surface area contributed by atoms with Gasteiger partial charge in [-0.1, -0.05) is 24.3 Å². The number of methoxy groups -OCH3 is 1. The minimum atomic E-state index is -4.74. The van der Waals surface area contributed by atoms with Crippen molar-refractivity contribution in [1.82, 2.24) is 10.3 Å². The lowest BCUT2D eigenvalue weighted by Gasteiger charge is -2.15. The predicted molar refractivity (Wildman–Crippen MR) is 167 cm³/mol. The number of alkyl halides is 3. The van der Waals surface area contributed by atoms with E-state index in [2.05, 4.69) is 15.6 Å². The maximum absolute atomic E-state index is 15.3. The van der Waals surface area contributed by atoms with Crippen LogP contribution in [0.1, 0.15) is 46.8 Å².